The molecule has 2 aromatic heterocycles. The van der Waals surface area contributed by atoms with E-state index in [-0.39, 0.29) is 22.8 Å². The molecule has 0 bridgehead atoms. The van der Waals surface area contributed by atoms with Gasteiger partial charge in [-0.05, 0) is 36.4 Å². The van der Waals surface area contributed by atoms with Crippen LogP contribution in [-0.4, -0.2) is 14.5 Å². The fraction of sp³-hybridized carbons (Fsp3) is 0.0667. The van der Waals surface area contributed by atoms with Crippen molar-refractivity contribution < 1.29 is 9.50 Å². The summed E-state index contributed by atoms with van der Waals surface area (Å²) in [6.07, 6.45) is 1.54. The Hall–Kier alpha value is -2.89. The van der Waals surface area contributed by atoms with Crippen LogP contribution in [0.1, 0.15) is 5.69 Å². The molecule has 1 aromatic carbocycles. The van der Waals surface area contributed by atoms with E-state index in [9.17, 15) is 14.3 Å². The van der Waals surface area contributed by atoms with Gasteiger partial charge >= 0.3 is 0 Å². The van der Waals surface area contributed by atoms with Crippen molar-refractivity contribution in [1.82, 2.24) is 9.38 Å². The molecule has 0 radical (unpaired) electrons. The van der Waals surface area contributed by atoms with Crippen LogP contribution in [0, 0.1) is 5.82 Å². The van der Waals surface area contributed by atoms with Crippen molar-refractivity contribution in [2.24, 2.45) is 0 Å². The number of halogens is 1. The summed E-state index contributed by atoms with van der Waals surface area (Å²) in [6, 6.07) is 10.3. The largest absolute Gasteiger partial charge is 0.504 e. The summed E-state index contributed by atoms with van der Waals surface area (Å²) in [6.45, 7) is 0.297. The molecular formula is C15H12FN3O2. The smallest absolute Gasteiger partial charge is 0.258 e. The molecule has 0 atom stereocenters. The van der Waals surface area contributed by atoms with Crippen LogP contribution in [0.3, 0.4) is 0 Å². The topological polar surface area (TPSA) is 66.6 Å². The van der Waals surface area contributed by atoms with Crippen LogP contribution in [0.25, 0.3) is 5.65 Å². The maximum Gasteiger partial charge on any atom is 0.258 e. The van der Waals surface area contributed by atoms with Crippen LogP contribution in [0.15, 0.2) is 53.5 Å². The Morgan fingerprint density at radius 1 is 1.24 bits per heavy atom. The van der Waals surface area contributed by atoms with Crippen molar-refractivity contribution in [2.45, 2.75) is 6.54 Å². The van der Waals surface area contributed by atoms with E-state index in [2.05, 4.69) is 10.3 Å². The molecule has 0 aliphatic heterocycles. The van der Waals surface area contributed by atoms with Crippen LogP contribution in [0.2, 0.25) is 0 Å². The standard InChI is InChI=1S/C15H12FN3O2/c16-10-3-5-11(6-4-10)17-9-12-8-14(21)19-7-1-2-13(20)15(19)18-12/h1-8,17,20H,9H2. The molecule has 2 heterocycles. The Morgan fingerprint density at radius 3 is 2.76 bits per heavy atom. The third-order valence-corrected chi connectivity index (χ3v) is 3.04. The lowest BCUT2D eigenvalue weighted by Gasteiger charge is -2.07. The molecule has 0 saturated heterocycles. The number of nitrogens with zero attached hydrogens (tertiary/aromatic N) is 2. The molecule has 3 rings (SSSR count). The van der Waals surface area contributed by atoms with E-state index in [4.69, 9.17) is 0 Å². The van der Waals surface area contributed by atoms with Crippen LogP contribution in [0.5, 0.6) is 5.75 Å². The van der Waals surface area contributed by atoms with E-state index in [0.29, 0.717) is 12.2 Å². The molecule has 5 nitrogen and oxygen atoms in total. The quantitative estimate of drug-likeness (QED) is 0.774. The predicted molar refractivity (Wildman–Crippen MR) is 76.9 cm³/mol. The molecule has 0 spiro atoms. The summed E-state index contributed by atoms with van der Waals surface area (Å²) in [4.78, 5) is 16.2. The number of hydrogen-bond donors (Lipinski definition) is 2. The van der Waals surface area contributed by atoms with Gasteiger partial charge in [-0.25, -0.2) is 9.37 Å². The number of nitrogens with one attached hydrogen (secondary N) is 1. The normalized spacial score (nSPS) is 10.7. The second kappa shape index (κ2) is 5.24. The fourth-order valence-electron chi connectivity index (χ4n) is 2.01. The van der Waals surface area contributed by atoms with Crippen LogP contribution in [-0.2, 0) is 6.54 Å². The molecule has 21 heavy (non-hydrogen) atoms. The number of aromatic nitrogens is 2. The van der Waals surface area contributed by atoms with E-state index >= 15 is 0 Å². The predicted octanol–water partition coefficient (Wildman–Crippen LogP) is 2.15. The Morgan fingerprint density at radius 2 is 2.00 bits per heavy atom. The first-order valence-electron chi connectivity index (χ1n) is 6.33. The Kier molecular flexibility index (Phi) is 3.27. The molecule has 0 aliphatic carbocycles. The molecule has 0 unspecified atom stereocenters. The highest BCUT2D eigenvalue weighted by atomic mass is 19.1. The number of anilines is 1. The van der Waals surface area contributed by atoms with Crippen molar-refractivity contribution in [3.63, 3.8) is 0 Å². The van der Waals surface area contributed by atoms with E-state index in [0.717, 1.165) is 5.69 Å². The van der Waals surface area contributed by atoms with Gasteiger partial charge in [-0.1, -0.05) is 0 Å². The number of pyridine rings is 1. The summed E-state index contributed by atoms with van der Waals surface area (Å²) >= 11 is 0. The number of rotatable bonds is 3. The van der Waals surface area contributed by atoms with Gasteiger partial charge in [0.15, 0.2) is 11.4 Å². The first-order chi connectivity index (χ1) is 10.1. The lowest BCUT2D eigenvalue weighted by Crippen LogP contribution is -2.16. The molecule has 106 valence electrons. The SMILES string of the molecule is O=c1cc(CNc2ccc(F)cc2)nc2c(O)cccn12. The van der Waals surface area contributed by atoms with Gasteiger partial charge in [0, 0.05) is 18.0 Å². The van der Waals surface area contributed by atoms with Crippen molar-refractivity contribution in [1.29, 1.82) is 0 Å². The van der Waals surface area contributed by atoms with Gasteiger partial charge in [-0.15, -0.1) is 0 Å². The summed E-state index contributed by atoms with van der Waals surface area (Å²) < 4.78 is 14.1. The van der Waals surface area contributed by atoms with E-state index < -0.39 is 0 Å². The minimum Gasteiger partial charge on any atom is -0.504 e. The van der Waals surface area contributed by atoms with Crippen molar-refractivity contribution >= 4 is 11.3 Å². The van der Waals surface area contributed by atoms with E-state index in [1.54, 1.807) is 24.4 Å². The highest BCUT2D eigenvalue weighted by molar-refractivity contribution is 5.52. The van der Waals surface area contributed by atoms with Gasteiger partial charge in [-0.3, -0.25) is 9.20 Å². The third kappa shape index (κ3) is 2.69. The Labute approximate surface area is 119 Å². The summed E-state index contributed by atoms with van der Waals surface area (Å²) in [5, 5.41) is 12.8. The van der Waals surface area contributed by atoms with Gasteiger partial charge in [0.2, 0.25) is 0 Å². The van der Waals surface area contributed by atoms with Crippen molar-refractivity contribution in [3.05, 3.63) is 70.5 Å². The van der Waals surface area contributed by atoms with Gasteiger partial charge in [0.1, 0.15) is 5.82 Å². The van der Waals surface area contributed by atoms with Gasteiger partial charge in [0.05, 0.1) is 12.2 Å². The van der Waals surface area contributed by atoms with E-state index in [1.165, 1.54) is 28.7 Å². The Balaban J connectivity index is 1.89. The maximum absolute atomic E-state index is 12.8. The second-order valence-electron chi connectivity index (χ2n) is 4.53. The number of fused-ring (bicyclic) bond motifs is 1. The first kappa shape index (κ1) is 13.1. The van der Waals surface area contributed by atoms with Crippen LogP contribution >= 0.6 is 0 Å². The second-order valence-corrected chi connectivity index (χ2v) is 4.53. The van der Waals surface area contributed by atoms with Crippen molar-refractivity contribution in [2.75, 3.05) is 5.32 Å². The number of hydrogen-bond acceptors (Lipinski definition) is 4. The van der Waals surface area contributed by atoms with Gasteiger partial charge in [0.25, 0.3) is 5.56 Å². The first-order valence-corrected chi connectivity index (χ1v) is 6.33. The average Bonchev–Trinajstić information content (AvgIpc) is 2.48. The lowest BCUT2D eigenvalue weighted by molar-refractivity contribution is 0.476. The van der Waals surface area contributed by atoms with Crippen molar-refractivity contribution in [3.8, 4) is 5.75 Å². The molecular weight excluding hydrogens is 273 g/mol. The van der Waals surface area contributed by atoms with Gasteiger partial charge < -0.3 is 10.4 Å². The zero-order chi connectivity index (χ0) is 14.8. The highest BCUT2D eigenvalue weighted by Crippen LogP contribution is 2.14. The molecule has 0 aliphatic rings. The summed E-state index contributed by atoms with van der Waals surface area (Å²) in [7, 11) is 0. The fourth-order valence-corrected chi connectivity index (χ4v) is 2.01. The van der Waals surface area contributed by atoms with Gasteiger partial charge in [-0.2, -0.15) is 0 Å². The third-order valence-electron chi connectivity index (χ3n) is 3.04. The lowest BCUT2D eigenvalue weighted by atomic mass is 10.3. The minimum atomic E-state index is -0.312. The zero-order valence-electron chi connectivity index (χ0n) is 11.0. The Bertz CT molecular complexity index is 844. The minimum absolute atomic E-state index is 0.0572. The molecule has 0 saturated carbocycles. The molecule has 0 fully saturated rings. The molecule has 6 heteroatoms. The molecule has 0 amide bonds. The van der Waals surface area contributed by atoms with E-state index in [1.807, 2.05) is 0 Å². The monoisotopic (exact) mass is 285 g/mol. The number of benzene rings is 1. The summed E-state index contributed by atoms with van der Waals surface area (Å²) in [5.41, 5.74) is 1.15. The maximum atomic E-state index is 12.8. The average molecular weight is 285 g/mol. The molecule has 3 aromatic rings. The van der Waals surface area contributed by atoms with Crippen LogP contribution in [0.4, 0.5) is 10.1 Å². The number of aromatic hydroxyl groups is 1. The zero-order valence-corrected chi connectivity index (χ0v) is 11.0. The highest BCUT2D eigenvalue weighted by Gasteiger charge is 2.05. The summed E-state index contributed by atoms with van der Waals surface area (Å²) in [5.74, 6) is -0.370. The van der Waals surface area contributed by atoms with Crippen LogP contribution < -0.4 is 10.9 Å². The molecule has 2 N–H and O–H groups in total.